The second-order valence-corrected chi connectivity index (χ2v) is 4.60. The first kappa shape index (κ1) is 11.7. The number of nitrogens with zero attached hydrogens (tertiary/aromatic N) is 3. The fraction of sp³-hybridized carbons (Fsp3) is 0.308. The number of aromatic hydroxyl groups is 1. The van der Waals surface area contributed by atoms with Gasteiger partial charge in [-0.2, -0.15) is 0 Å². The molecule has 1 heterocycles. The molecule has 0 saturated carbocycles. The van der Waals surface area contributed by atoms with Crippen LogP contribution in [0.15, 0.2) is 24.3 Å². The first-order valence-electron chi connectivity index (χ1n) is 6.14. The van der Waals surface area contributed by atoms with E-state index in [1.807, 2.05) is 0 Å². The van der Waals surface area contributed by atoms with Gasteiger partial charge in [0, 0.05) is 0 Å². The molecule has 1 aromatic carbocycles. The van der Waals surface area contributed by atoms with Crippen molar-refractivity contribution in [3.8, 4) is 11.4 Å². The number of aliphatic carboxylic acids is 1. The number of phenols is 1. The third-order valence-electron chi connectivity index (χ3n) is 3.42. The number of carbonyl (C=O) groups is 1. The minimum atomic E-state index is -0.875. The maximum atomic E-state index is 11.4. The Morgan fingerprint density at radius 1 is 1.37 bits per heavy atom. The highest BCUT2D eigenvalue weighted by atomic mass is 16.4. The molecule has 1 unspecified atom stereocenters. The Bertz CT molecular complexity index is 636. The molecule has 19 heavy (non-hydrogen) atoms. The van der Waals surface area contributed by atoms with Crippen LogP contribution in [0.25, 0.3) is 5.69 Å². The molecule has 1 aliphatic rings. The number of phenolic OH excluding ortho intramolecular Hbond substituents is 1. The SMILES string of the molecule is O=C(O)C1CCCc2nnn(-c3ccccc3O)c21. The average molecular weight is 259 g/mol. The van der Waals surface area contributed by atoms with Crippen LogP contribution in [0.5, 0.6) is 5.75 Å². The van der Waals surface area contributed by atoms with Crippen molar-refractivity contribution in [2.24, 2.45) is 0 Å². The smallest absolute Gasteiger partial charge is 0.312 e. The molecule has 2 N–H and O–H groups in total. The third-order valence-corrected chi connectivity index (χ3v) is 3.42. The maximum absolute atomic E-state index is 11.4. The highest BCUT2D eigenvalue weighted by molar-refractivity contribution is 5.76. The fourth-order valence-corrected chi connectivity index (χ4v) is 2.52. The van der Waals surface area contributed by atoms with Gasteiger partial charge in [-0.1, -0.05) is 17.3 Å². The summed E-state index contributed by atoms with van der Waals surface area (Å²) in [4.78, 5) is 11.4. The molecule has 0 saturated heterocycles. The number of aryl methyl sites for hydroxylation is 1. The molecule has 0 radical (unpaired) electrons. The zero-order chi connectivity index (χ0) is 13.4. The molecule has 0 aliphatic heterocycles. The number of rotatable bonds is 2. The lowest BCUT2D eigenvalue weighted by Gasteiger charge is -2.19. The molecule has 98 valence electrons. The predicted molar refractivity (Wildman–Crippen MR) is 66.3 cm³/mol. The highest BCUT2D eigenvalue weighted by Gasteiger charge is 2.32. The number of para-hydroxylation sites is 2. The van der Waals surface area contributed by atoms with Gasteiger partial charge in [-0.05, 0) is 31.4 Å². The van der Waals surface area contributed by atoms with Crippen molar-refractivity contribution in [2.45, 2.75) is 25.2 Å². The van der Waals surface area contributed by atoms with E-state index in [9.17, 15) is 15.0 Å². The lowest BCUT2D eigenvalue weighted by Crippen LogP contribution is -2.21. The van der Waals surface area contributed by atoms with Crippen LogP contribution in [-0.2, 0) is 11.2 Å². The minimum absolute atomic E-state index is 0.0601. The van der Waals surface area contributed by atoms with Gasteiger partial charge in [0.15, 0.2) is 0 Å². The average Bonchev–Trinajstić information content (AvgIpc) is 2.82. The summed E-state index contributed by atoms with van der Waals surface area (Å²) in [6, 6.07) is 6.71. The summed E-state index contributed by atoms with van der Waals surface area (Å²) in [5.74, 6) is -1.43. The quantitative estimate of drug-likeness (QED) is 0.852. The minimum Gasteiger partial charge on any atom is -0.506 e. The first-order valence-corrected chi connectivity index (χ1v) is 6.14. The number of benzene rings is 1. The molecule has 0 spiro atoms. The van der Waals surface area contributed by atoms with Gasteiger partial charge in [0.25, 0.3) is 0 Å². The summed E-state index contributed by atoms with van der Waals surface area (Å²) >= 11 is 0. The first-order chi connectivity index (χ1) is 9.18. The van der Waals surface area contributed by atoms with Crippen LogP contribution < -0.4 is 0 Å². The summed E-state index contributed by atoms with van der Waals surface area (Å²) in [6.45, 7) is 0. The molecule has 0 fully saturated rings. The second kappa shape index (κ2) is 4.38. The van der Waals surface area contributed by atoms with E-state index in [1.165, 1.54) is 4.68 Å². The Hall–Kier alpha value is -2.37. The topological polar surface area (TPSA) is 88.2 Å². The lowest BCUT2D eigenvalue weighted by molar-refractivity contribution is -0.139. The Balaban J connectivity index is 2.17. The Labute approximate surface area is 109 Å². The molecule has 0 amide bonds. The molecule has 0 bridgehead atoms. The Kier molecular flexibility index (Phi) is 2.70. The molecule has 1 atom stereocenters. The maximum Gasteiger partial charge on any atom is 0.312 e. The Morgan fingerprint density at radius 2 is 2.16 bits per heavy atom. The number of hydrogen-bond donors (Lipinski definition) is 2. The number of carboxylic acids is 1. The molecular formula is C13H13N3O3. The normalized spacial score (nSPS) is 18.0. The largest absolute Gasteiger partial charge is 0.506 e. The van der Waals surface area contributed by atoms with E-state index in [1.54, 1.807) is 24.3 Å². The lowest BCUT2D eigenvalue weighted by atomic mass is 9.89. The van der Waals surface area contributed by atoms with Gasteiger partial charge in [-0.15, -0.1) is 5.10 Å². The molecule has 3 rings (SSSR count). The van der Waals surface area contributed by atoms with E-state index in [-0.39, 0.29) is 5.75 Å². The summed E-state index contributed by atoms with van der Waals surface area (Å²) in [5.41, 5.74) is 1.76. The number of carboxylic acid groups (broad SMARTS) is 1. The van der Waals surface area contributed by atoms with E-state index < -0.39 is 11.9 Å². The van der Waals surface area contributed by atoms with E-state index in [2.05, 4.69) is 10.3 Å². The van der Waals surface area contributed by atoms with E-state index >= 15 is 0 Å². The second-order valence-electron chi connectivity index (χ2n) is 4.60. The predicted octanol–water partition coefficient (Wildman–Crippen LogP) is 1.48. The molecule has 6 nitrogen and oxygen atoms in total. The van der Waals surface area contributed by atoms with Crippen molar-refractivity contribution in [1.29, 1.82) is 0 Å². The van der Waals surface area contributed by atoms with Crippen LogP contribution in [-0.4, -0.2) is 31.2 Å². The number of fused-ring (bicyclic) bond motifs is 1. The number of aromatic nitrogens is 3. The van der Waals surface area contributed by atoms with E-state index in [0.29, 0.717) is 23.5 Å². The van der Waals surface area contributed by atoms with Gasteiger partial charge in [-0.3, -0.25) is 4.79 Å². The molecular weight excluding hydrogens is 246 g/mol. The summed E-state index contributed by atoms with van der Waals surface area (Å²) in [5, 5.41) is 27.2. The van der Waals surface area contributed by atoms with Gasteiger partial charge in [0.05, 0.1) is 11.4 Å². The number of hydrogen-bond acceptors (Lipinski definition) is 4. The van der Waals surface area contributed by atoms with Crippen molar-refractivity contribution < 1.29 is 15.0 Å². The summed E-state index contributed by atoms with van der Waals surface area (Å²) in [6.07, 6.45) is 2.10. The molecule has 1 aromatic heterocycles. The van der Waals surface area contributed by atoms with Crippen molar-refractivity contribution in [3.63, 3.8) is 0 Å². The van der Waals surface area contributed by atoms with Crippen LogP contribution >= 0.6 is 0 Å². The standard InChI is InChI=1S/C13H13N3O3/c17-11-7-2-1-6-10(11)16-12-8(13(18)19)4-3-5-9(12)14-15-16/h1-2,6-8,17H,3-5H2,(H,18,19). The molecule has 1 aliphatic carbocycles. The molecule has 6 heteroatoms. The highest BCUT2D eigenvalue weighted by Crippen LogP contribution is 2.33. The van der Waals surface area contributed by atoms with Crippen LogP contribution in [0.3, 0.4) is 0 Å². The Morgan fingerprint density at radius 3 is 2.89 bits per heavy atom. The molecule has 2 aromatic rings. The van der Waals surface area contributed by atoms with Gasteiger partial charge < -0.3 is 10.2 Å². The van der Waals surface area contributed by atoms with Crippen molar-refractivity contribution in [3.05, 3.63) is 35.7 Å². The van der Waals surface area contributed by atoms with Crippen LogP contribution in [0.1, 0.15) is 30.1 Å². The zero-order valence-electron chi connectivity index (χ0n) is 10.2. The van der Waals surface area contributed by atoms with Gasteiger partial charge in [0.2, 0.25) is 0 Å². The zero-order valence-corrected chi connectivity index (χ0v) is 10.2. The van der Waals surface area contributed by atoms with Crippen molar-refractivity contribution >= 4 is 5.97 Å². The fourth-order valence-electron chi connectivity index (χ4n) is 2.52. The summed E-state index contributed by atoms with van der Waals surface area (Å²) < 4.78 is 1.45. The van der Waals surface area contributed by atoms with Crippen LogP contribution in [0.4, 0.5) is 0 Å². The van der Waals surface area contributed by atoms with Gasteiger partial charge in [-0.25, -0.2) is 4.68 Å². The van der Waals surface area contributed by atoms with Crippen molar-refractivity contribution in [1.82, 2.24) is 15.0 Å². The van der Waals surface area contributed by atoms with Gasteiger partial charge >= 0.3 is 5.97 Å². The van der Waals surface area contributed by atoms with Crippen LogP contribution in [0.2, 0.25) is 0 Å². The van der Waals surface area contributed by atoms with Gasteiger partial charge in [0.1, 0.15) is 17.4 Å². The van der Waals surface area contributed by atoms with E-state index in [0.717, 1.165) is 12.8 Å². The monoisotopic (exact) mass is 259 g/mol. The third kappa shape index (κ3) is 1.85. The summed E-state index contributed by atoms with van der Waals surface area (Å²) in [7, 11) is 0. The van der Waals surface area contributed by atoms with Crippen LogP contribution in [0, 0.1) is 0 Å². The van der Waals surface area contributed by atoms with E-state index in [4.69, 9.17) is 0 Å². The van der Waals surface area contributed by atoms with Crippen molar-refractivity contribution in [2.75, 3.05) is 0 Å².